The molecule has 0 spiro atoms. The molecule has 1 saturated heterocycles. The molecular formula is C19H32IN7S. The van der Waals surface area contributed by atoms with E-state index in [-0.39, 0.29) is 24.0 Å². The molecule has 1 fully saturated rings. The van der Waals surface area contributed by atoms with E-state index in [1.54, 1.807) is 11.3 Å². The first-order valence-electron chi connectivity index (χ1n) is 9.78. The number of aryl methyl sites for hydroxylation is 2. The Bertz CT molecular complexity index is 693. The molecule has 0 atom stereocenters. The van der Waals surface area contributed by atoms with Gasteiger partial charge in [0.15, 0.2) is 5.96 Å². The van der Waals surface area contributed by atoms with E-state index in [0.29, 0.717) is 5.92 Å². The van der Waals surface area contributed by atoms with Gasteiger partial charge in [-0.05, 0) is 51.3 Å². The van der Waals surface area contributed by atoms with Gasteiger partial charge in [0, 0.05) is 51.0 Å². The summed E-state index contributed by atoms with van der Waals surface area (Å²) in [5.41, 5.74) is 1.22. The van der Waals surface area contributed by atoms with Crippen molar-refractivity contribution in [3.05, 3.63) is 34.5 Å². The molecule has 9 heteroatoms. The number of guanidine groups is 1. The third kappa shape index (κ3) is 7.67. The van der Waals surface area contributed by atoms with Crippen LogP contribution >= 0.6 is 35.3 Å². The highest BCUT2D eigenvalue weighted by atomic mass is 127. The van der Waals surface area contributed by atoms with Gasteiger partial charge < -0.3 is 10.6 Å². The predicted octanol–water partition coefficient (Wildman–Crippen LogP) is 2.73. The summed E-state index contributed by atoms with van der Waals surface area (Å²) in [6.45, 7) is 8.17. The van der Waals surface area contributed by atoms with Crippen LogP contribution in [0.3, 0.4) is 0 Å². The molecule has 2 aromatic rings. The van der Waals surface area contributed by atoms with Crippen LogP contribution in [0, 0.1) is 12.8 Å². The summed E-state index contributed by atoms with van der Waals surface area (Å²) in [4.78, 5) is 11.4. The lowest BCUT2D eigenvalue weighted by atomic mass is 9.97. The number of nitrogens with zero attached hydrogens (tertiary/aromatic N) is 5. The van der Waals surface area contributed by atoms with Crippen molar-refractivity contribution in [1.82, 2.24) is 30.3 Å². The highest BCUT2D eigenvalue weighted by molar-refractivity contribution is 14.0. The number of aromatic nitrogens is 3. The molecule has 1 aliphatic heterocycles. The van der Waals surface area contributed by atoms with Gasteiger partial charge in [0.05, 0.1) is 10.7 Å². The number of aliphatic imine (C=N–C) groups is 1. The Hall–Kier alpha value is -1.20. The van der Waals surface area contributed by atoms with Gasteiger partial charge in [-0.2, -0.15) is 5.10 Å². The van der Waals surface area contributed by atoms with Gasteiger partial charge >= 0.3 is 0 Å². The number of hydrogen-bond acceptors (Lipinski definition) is 5. The molecular weight excluding hydrogens is 485 g/mol. The van der Waals surface area contributed by atoms with Crippen LogP contribution in [0.2, 0.25) is 0 Å². The van der Waals surface area contributed by atoms with E-state index in [2.05, 4.69) is 42.9 Å². The Morgan fingerprint density at radius 3 is 2.79 bits per heavy atom. The van der Waals surface area contributed by atoms with Gasteiger partial charge in [0.2, 0.25) is 0 Å². The zero-order chi connectivity index (χ0) is 18.9. The van der Waals surface area contributed by atoms with Crippen LogP contribution in [-0.4, -0.2) is 58.9 Å². The molecule has 2 aromatic heterocycles. The summed E-state index contributed by atoms with van der Waals surface area (Å²) in [7, 11) is 1.83. The fourth-order valence-electron chi connectivity index (χ4n) is 3.40. The molecule has 1 aliphatic rings. The number of hydrogen-bond donors (Lipinski definition) is 2. The zero-order valence-electron chi connectivity index (χ0n) is 16.8. The lowest BCUT2D eigenvalue weighted by molar-refractivity contribution is 0.176. The summed E-state index contributed by atoms with van der Waals surface area (Å²) in [5.74, 6) is 1.61. The van der Waals surface area contributed by atoms with Crippen LogP contribution < -0.4 is 10.6 Å². The van der Waals surface area contributed by atoms with E-state index in [4.69, 9.17) is 0 Å². The Labute approximate surface area is 189 Å². The number of likely N-dealkylation sites (tertiary alicyclic amines) is 1. The second-order valence-corrected chi connectivity index (χ2v) is 8.14. The van der Waals surface area contributed by atoms with Crippen molar-refractivity contribution in [2.75, 3.05) is 33.2 Å². The summed E-state index contributed by atoms with van der Waals surface area (Å²) in [5, 5.41) is 14.4. The molecule has 0 amide bonds. The van der Waals surface area contributed by atoms with Gasteiger partial charge in [-0.25, -0.2) is 4.98 Å². The van der Waals surface area contributed by atoms with Gasteiger partial charge in [-0.3, -0.25) is 14.6 Å². The van der Waals surface area contributed by atoms with E-state index in [1.165, 1.54) is 18.5 Å². The number of halogens is 1. The molecule has 0 bridgehead atoms. The molecule has 0 saturated carbocycles. The topological polar surface area (TPSA) is 70.4 Å². The first-order chi connectivity index (χ1) is 13.2. The van der Waals surface area contributed by atoms with Crippen LogP contribution in [0.5, 0.6) is 0 Å². The second kappa shape index (κ2) is 12.4. The molecule has 3 rings (SSSR count). The van der Waals surface area contributed by atoms with Gasteiger partial charge in [-0.1, -0.05) is 0 Å². The van der Waals surface area contributed by atoms with Crippen LogP contribution in [0.4, 0.5) is 0 Å². The molecule has 3 heterocycles. The minimum absolute atomic E-state index is 0. The zero-order valence-corrected chi connectivity index (χ0v) is 20.0. The quantitative estimate of drug-likeness (QED) is 0.244. The van der Waals surface area contributed by atoms with E-state index in [1.807, 2.05) is 30.2 Å². The molecule has 0 aliphatic carbocycles. The van der Waals surface area contributed by atoms with Crippen molar-refractivity contribution in [3.63, 3.8) is 0 Å². The van der Waals surface area contributed by atoms with Crippen molar-refractivity contribution < 1.29 is 0 Å². The van der Waals surface area contributed by atoms with Gasteiger partial charge in [-0.15, -0.1) is 35.3 Å². The monoisotopic (exact) mass is 517 g/mol. The van der Waals surface area contributed by atoms with E-state index in [9.17, 15) is 0 Å². The van der Waals surface area contributed by atoms with Crippen molar-refractivity contribution in [2.24, 2.45) is 10.9 Å². The highest BCUT2D eigenvalue weighted by Gasteiger charge is 2.20. The Kier molecular flexibility index (Phi) is 10.2. The number of nitrogens with one attached hydrogen (secondary N) is 2. The van der Waals surface area contributed by atoms with Crippen LogP contribution in [-0.2, 0) is 13.1 Å². The lowest BCUT2D eigenvalue weighted by Crippen LogP contribution is -2.43. The van der Waals surface area contributed by atoms with E-state index in [0.717, 1.165) is 56.7 Å². The minimum atomic E-state index is 0. The molecule has 7 nitrogen and oxygen atoms in total. The summed E-state index contributed by atoms with van der Waals surface area (Å²) >= 11 is 1.74. The first-order valence-corrected chi connectivity index (χ1v) is 10.7. The fourth-order valence-corrected chi connectivity index (χ4v) is 4.00. The average molecular weight is 517 g/mol. The normalized spacial score (nSPS) is 16.0. The summed E-state index contributed by atoms with van der Waals surface area (Å²) in [6.07, 6.45) is 7.29. The van der Waals surface area contributed by atoms with Crippen molar-refractivity contribution in [2.45, 2.75) is 39.3 Å². The molecule has 0 unspecified atom stereocenters. The number of thiazole rings is 1. The molecule has 28 heavy (non-hydrogen) atoms. The van der Waals surface area contributed by atoms with Crippen LogP contribution in [0.25, 0.3) is 0 Å². The van der Waals surface area contributed by atoms with Crippen molar-refractivity contribution in [3.8, 4) is 0 Å². The third-order valence-corrected chi connectivity index (χ3v) is 5.78. The molecule has 0 aromatic carbocycles. The van der Waals surface area contributed by atoms with E-state index >= 15 is 0 Å². The van der Waals surface area contributed by atoms with Crippen LogP contribution in [0.15, 0.2) is 28.8 Å². The maximum absolute atomic E-state index is 4.58. The first kappa shape index (κ1) is 23.1. The lowest BCUT2D eigenvalue weighted by Gasteiger charge is -2.31. The maximum Gasteiger partial charge on any atom is 0.190 e. The predicted molar refractivity (Wildman–Crippen MR) is 126 cm³/mol. The average Bonchev–Trinajstić information content (AvgIpc) is 3.34. The SMILES string of the molecule is CN=C(NCCCn1cccn1)NCC1CCN(Cc2csc(C)n2)CC1.I. The molecule has 2 N–H and O–H groups in total. The fraction of sp³-hybridized carbons (Fsp3) is 0.632. The second-order valence-electron chi connectivity index (χ2n) is 7.08. The minimum Gasteiger partial charge on any atom is -0.356 e. The maximum atomic E-state index is 4.58. The Balaban J connectivity index is 0.00000280. The summed E-state index contributed by atoms with van der Waals surface area (Å²) in [6, 6.07) is 1.96. The Morgan fingerprint density at radius 2 is 2.14 bits per heavy atom. The van der Waals surface area contributed by atoms with Gasteiger partial charge in [0.25, 0.3) is 0 Å². The van der Waals surface area contributed by atoms with Crippen LogP contribution in [0.1, 0.15) is 30.0 Å². The standard InChI is InChI=1S/C19H31N7S.HI/c1-16-24-18(15-27-16)14-25-11-5-17(6-12-25)13-22-19(20-2)21-7-3-9-26-10-4-8-23-26;/h4,8,10,15,17H,3,5-7,9,11-14H2,1-2H3,(H2,20,21,22);1H. The molecule has 0 radical (unpaired) electrons. The number of rotatable bonds is 8. The number of piperidine rings is 1. The van der Waals surface area contributed by atoms with E-state index < -0.39 is 0 Å². The highest BCUT2D eigenvalue weighted by Crippen LogP contribution is 2.19. The molecule has 156 valence electrons. The van der Waals surface area contributed by atoms with Crippen molar-refractivity contribution >= 4 is 41.3 Å². The van der Waals surface area contributed by atoms with Crippen molar-refractivity contribution in [1.29, 1.82) is 0 Å². The van der Waals surface area contributed by atoms with Gasteiger partial charge in [0.1, 0.15) is 0 Å². The summed E-state index contributed by atoms with van der Waals surface area (Å²) < 4.78 is 1.96. The largest absolute Gasteiger partial charge is 0.356 e. The smallest absolute Gasteiger partial charge is 0.190 e. The third-order valence-electron chi connectivity index (χ3n) is 4.96. The Morgan fingerprint density at radius 1 is 1.32 bits per heavy atom.